The third kappa shape index (κ3) is 5.17. The predicted molar refractivity (Wildman–Crippen MR) is 98.4 cm³/mol. The van der Waals surface area contributed by atoms with E-state index in [-0.39, 0.29) is 12.4 Å². The molecule has 0 bridgehead atoms. The number of rotatable bonds is 6. The van der Waals surface area contributed by atoms with Crippen LogP contribution in [-0.4, -0.2) is 15.1 Å². The van der Waals surface area contributed by atoms with Gasteiger partial charge in [-0.2, -0.15) is 18.2 Å². The summed E-state index contributed by atoms with van der Waals surface area (Å²) in [6, 6.07) is 5.93. The largest absolute Gasteiger partial charge is 0.485 e. The van der Waals surface area contributed by atoms with Crippen LogP contribution in [0, 0.1) is 13.8 Å². The molecule has 0 amide bonds. The van der Waals surface area contributed by atoms with Gasteiger partial charge in [0, 0.05) is 11.2 Å². The molecule has 0 radical (unpaired) electrons. The van der Waals surface area contributed by atoms with Gasteiger partial charge in [-0.1, -0.05) is 28.5 Å². The van der Waals surface area contributed by atoms with E-state index in [0.717, 1.165) is 23.4 Å². The van der Waals surface area contributed by atoms with Crippen LogP contribution in [0.15, 0.2) is 40.0 Å². The molecule has 0 N–H and O–H groups in total. The Balaban J connectivity index is 1.54. The molecule has 2 aromatic heterocycles. The summed E-state index contributed by atoms with van der Waals surface area (Å²) in [6.07, 6.45) is -3.61. The highest BCUT2D eigenvalue weighted by Crippen LogP contribution is 2.30. The molecule has 0 saturated heterocycles. The van der Waals surface area contributed by atoms with Gasteiger partial charge in [-0.15, -0.1) is 0 Å². The maximum absolute atomic E-state index is 12.5. The zero-order valence-corrected chi connectivity index (χ0v) is 16.5. The van der Waals surface area contributed by atoms with Gasteiger partial charge in [-0.05, 0) is 49.2 Å². The molecule has 148 valence electrons. The van der Waals surface area contributed by atoms with E-state index < -0.39 is 11.7 Å². The Morgan fingerprint density at radius 3 is 2.50 bits per heavy atom. The van der Waals surface area contributed by atoms with Crippen molar-refractivity contribution in [2.45, 2.75) is 37.4 Å². The SMILES string of the molecule is Cc1cc(OCc2noc(CSc3ccc(C(F)(F)F)cn3)n2)cc(C)c1Cl. The number of pyridine rings is 1. The molecule has 0 fully saturated rings. The maximum atomic E-state index is 12.5. The minimum absolute atomic E-state index is 0.118. The first-order valence-electron chi connectivity index (χ1n) is 8.09. The zero-order chi connectivity index (χ0) is 20.3. The minimum Gasteiger partial charge on any atom is -0.485 e. The van der Waals surface area contributed by atoms with Crippen LogP contribution < -0.4 is 4.74 Å². The van der Waals surface area contributed by atoms with Crippen LogP contribution in [0.25, 0.3) is 0 Å². The van der Waals surface area contributed by atoms with Gasteiger partial charge < -0.3 is 9.26 Å². The van der Waals surface area contributed by atoms with Gasteiger partial charge in [-0.25, -0.2) is 4.98 Å². The van der Waals surface area contributed by atoms with Crippen molar-refractivity contribution in [2.75, 3.05) is 0 Å². The van der Waals surface area contributed by atoms with Crippen molar-refractivity contribution >= 4 is 23.4 Å². The summed E-state index contributed by atoms with van der Waals surface area (Å²) >= 11 is 7.32. The summed E-state index contributed by atoms with van der Waals surface area (Å²) in [6.45, 7) is 3.90. The first kappa shape index (κ1) is 20.5. The smallest absolute Gasteiger partial charge is 0.417 e. The van der Waals surface area contributed by atoms with Crippen LogP contribution >= 0.6 is 23.4 Å². The second kappa shape index (κ2) is 8.40. The van der Waals surface area contributed by atoms with Gasteiger partial charge in [0.2, 0.25) is 11.7 Å². The Morgan fingerprint density at radius 2 is 1.89 bits per heavy atom. The number of hydrogen-bond donors (Lipinski definition) is 0. The molecule has 0 saturated carbocycles. The van der Waals surface area contributed by atoms with Gasteiger partial charge >= 0.3 is 6.18 Å². The molecule has 5 nitrogen and oxygen atoms in total. The highest BCUT2D eigenvalue weighted by Gasteiger charge is 2.30. The molecule has 1 aromatic carbocycles. The molecule has 10 heteroatoms. The van der Waals surface area contributed by atoms with Crippen molar-refractivity contribution in [3.8, 4) is 5.75 Å². The Morgan fingerprint density at radius 1 is 1.18 bits per heavy atom. The van der Waals surface area contributed by atoms with E-state index in [1.165, 1.54) is 17.8 Å². The number of benzene rings is 1. The molecule has 0 unspecified atom stereocenters. The maximum Gasteiger partial charge on any atom is 0.417 e. The second-order valence-electron chi connectivity index (χ2n) is 5.94. The Kier molecular flexibility index (Phi) is 6.14. The molecule has 0 aliphatic carbocycles. The lowest BCUT2D eigenvalue weighted by molar-refractivity contribution is -0.137. The summed E-state index contributed by atoms with van der Waals surface area (Å²) in [5.41, 5.74) is 1.03. The fraction of sp³-hybridized carbons (Fsp3) is 0.278. The molecule has 3 rings (SSSR count). The van der Waals surface area contributed by atoms with Crippen molar-refractivity contribution in [3.63, 3.8) is 0 Å². The van der Waals surface area contributed by atoms with Crippen LogP contribution in [0.2, 0.25) is 5.02 Å². The fourth-order valence-electron chi connectivity index (χ4n) is 2.31. The molecule has 0 atom stereocenters. The van der Waals surface area contributed by atoms with Gasteiger partial charge in [0.05, 0.1) is 16.3 Å². The van der Waals surface area contributed by atoms with Crippen molar-refractivity contribution in [3.05, 3.63) is 63.9 Å². The topological polar surface area (TPSA) is 61.0 Å². The number of aromatic nitrogens is 3. The number of hydrogen-bond acceptors (Lipinski definition) is 6. The third-order valence-corrected chi connectivity index (χ3v) is 5.22. The zero-order valence-electron chi connectivity index (χ0n) is 14.9. The summed E-state index contributed by atoms with van der Waals surface area (Å²) in [4.78, 5) is 7.99. The van der Waals surface area contributed by atoms with Crippen molar-refractivity contribution in [2.24, 2.45) is 0 Å². The summed E-state index contributed by atoms with van der Waals surface area (Å²) in [5.74, 6) is 1.62. The quantitative estimate of drug-likeness (QED) is 0.473. The molecule has 2 heterocycles. The average Bonchev–Trinajstić information content (AvgIpc) is 3.10. The molecular formula is C18H15ClF3N3O2S. The molecule has 0 aliphatic rings. The van der Waals surface area contributed by atoms with E-state index in [4.69, 9.17) is 20.9 Å². The van der Waals surface area contributed by atoms with Crippen LogP contribution in [0.4, 0.5) is 13.2 Å². The lowest BCUT2D eigenvalue weighted by Gasteiger charge is -2.08. The number of halogens is 4. The van der Waals surface area contributed by atoms with E-state index in [0.29, 0.717) is 27.5 Å². The number of aryl methyl sites for hydroxylation is 2. The summed E-state index contributed by atoms with van der Waals surface area (Å²) in [5, 5.41) is 4.96. The number of thioether (sulfide) groups is 1. The Hall–Kier alpha value is -2.26. The van der Waals surface area contributed by atoms with E-state index in [9.17, 15) is 13.2 Å². The van der Waals surface area contributed by atoms with Gasteiger partial charge in [0.1, 0.15) is 5.75 Å². The fourth-order valence-corrected chi connectivity index (χ4v) is 3.10. The van der Waals surface area contributed by atoms with Crippen molar-refractivity contribution in [1.82, 2.24) is 15.1 Å². The lowest BCUT2D eigenvalue weighted by Crippen LogP contribution is -2.05. The molecule has 3 aromatic rings. The minimum atomic E-state index is -4.40. The predicted octanol–water partition coefficient (Wildman–Crippen LogP) is 5.62. The monoisotopic (exact) mass is 429 g/mol. The van der Waals surface area contributed by atoms with Gasteiger partial charge in [0.15, 0.2) is 6.61 Å². The standard InChI is InChI=1S/C18H15ClF3N3O2S/c1-10-5-13(6-11(2)17(10)19)26-8-14-24-15(27-25-14)9-28-16-4-3-12(7-23-16)18(20,21)22/h3-7H,8-9H2,1-2H3. The van der Waals surface area contributed by atoms with E-state index in [1.807, 2.05) is 26.0 Å². The molecular weight excluding hydrogens is 415 g/mol. The third-order valence-electron chi connectivity index (χ3n) is 3.70. The van der Waals surface area contributed by atoms with Gasteiger partial charge in [-0.3, -0.25) is 0 Å². The first-order valence-corrected chi connectivity index (χ1v) is 9.46. The van der Waals surface area contributed by atoms with E-state index >= 15 is 0 Å². The Labute approximate surface area is 168 Å². The second-order valence-corrected chi connectivity index (χ2v) is 7.31. The number of alkyl halides is 3. The van der Waals surface area contributed by atoms with Gasteiger partial charge in [0.25, 0.3) is 0 Å². The molecule has 0 aliphatic heterocycles. The summed E-state index contributed by atoms with van der Waals surface area (Å²) in [7, 11) is 0. The van der Waals surface area contributed by atoms with E-state index in [1.54, 1.807) is 0 Å². The number of nitrogens with zero attached hydrogens (tertiary/aromatic N) is 3. The average molecular weight is 430 g/mol. The van der Waals surface area contributed by atoms with Crippen LogP contribution in [0.5, 0.6) is 5.75 Å². The van der Waals surface area contributed by atoms with Crippen molar-refractivity contribution in [1.29, 1.82) is 0 Å². The number of ether oxygens (including phenoxy) is 1. The highest BCUT2D eigenvalue weighted by atomic mass is 35.5. The van der Waals surface area contributed by atoms with Crippen LogP contribution in [-0.2, 0) is 18.5 Å². The van der Waals surface area contributed by atoms with Crippen LogP contribution in [0.1, 0.15) is 28.4 Å². The molecule has 0 spiro atoms. The normalized spacial score (nSPS) is 11.6. The Bertz CT molecular complexity index is 938. The van der Waals surface area contributed by atoms with Crippen molar-refractivity contribution < 1.29 is 22.4 Å². The first-order chi connectivity index (χ1) is 13.2. The van der Waals surface area contributed by atoms with E-state index in [2.05, 4.69) is 15.1 Å². The molecule has 28 heavy (non-hydrogen) atoms. The summed E-state index contributed by atoms with van der Waals surface area (Å²) < 4.78 is 48.4. The highest BCUT2D eigenvalue weighted by molar-refractivity contribution is 7.98. The lowest BCUT2D eigenvalue weighted by atomic mass is 10.1. The van der Waals surface area contributed by atoms with Crippen LogP contribution in [0.3, 0.4) is 0 Å².